The Morgan fingerprint density at radius 2 is 2.14 bits per heavy atom. The number of amides is 2. The third-order valence-electron chi connectivity index (χ3n) is 3.97. The van der Waals surface area contributed by atoms with Crippen molar-refractivity contribution >= 4 is 11.8 Å². The first-order valence-electron chi connectivity index (χ1n) is 7.65. The van der Waals surface area contributed by atoms with E-state index in [0.29, 0.717) is 11.6 Å². The van der Waals surface area contributed by atoms with Crippen LogP contribution in [0.5, 0.6) is 0 Å². The molecule has 6 heteroatoms. The van der Waals surface area contributed by atoms with Crippen molar-refractivity contribution in [2.45, 2.75) is 38.6 Å². The van der Waals surface area contributed by atoms with Gasteiger partial charge >= 0.3 is 6.03 Å². The number of likely N-dealkylation sites (tertiary alicyclic amines) is 1. The van der Waals surface area contributed by atoms with E-state index >= 15 is 0 Å². The number of hydrogen-bond acceptors (Lipinski definition) is 4. The van der Waals surface area contributed by atoms with Crippen LogP contribution in [0.1, 0.15) is 43.0 Å². The fourth-order valence-corrected chi connectivity index (χ4v) is 2.89. The lowest BCUT2D eigenvalue weighted by Gasteiger charge is -2.30. The highest BCUT2D eigenvalue weighted by atomic mass is 16.5. The molecule has 1 N–H and O–H groups in total. The summed E-state index contributed by atoms with van der Waals surface area (Å²) in [6.45, 7) is 2.55. The quantitative estimate of drug-likeness (QED) is 0.921. The van der Waals surface area contributed by atoms with Crippen molar-refractivity contribution in [2.75, 3.05) is 11.9 Å². The smallest absolute Gasteiger partial charge is 0.323 e. The van der Waals surface area contributed by atoms with Crippen LogP contribution < -0.4 is 5.32 Å². The lowest BCUT2D eigenvalue weighted by atomic mass is 10.0. The van der Waals surface area contributed by atoms with Crippen LogP contribution in [0.15, 0.2) is 35.1 Å². The van der Waals surface area contributed by atoms with Gasteiger partial charge in [0.1, 0.15) is 5.76 Å². The normalized spacial score (nSPS) is 18.8. The second-order valence-electron chi connectivity index (χ2n) is 5.59. The van der Waals surface area contributed by atoms with Crippen LogP contribution in [0, 0.1) is 6.92 Å². The summed E-state index contributed by atoms with van der Waals surface area (Å²) in [5, 5.41) is 6.65. The van der Waals surface area contributed by atoms with Gasteiger partial charge < -0.3 is 9.42 Å². The number of rotatable bonds is 2. The highest BCUT2D eigenvalue weighted by molar-refractivity contribution is 5.88. The average Bonchev–Trinajstić information content (AvgIpc) is 2.80. The van der Waals surface area contributed by atoms with Gasteiger partial charge in [-0.25, -0.2) is 4.79 Å². The molecule has 6 nitrogen and oxygen atoms in total. The third-order valence-corrected chi connectivity index (χ3v) is 3.97. The van der Waals surface area contributed by atoms with Crippen LogP contribution in [0.25, 0.3) is 0 Å². The first-order chi connectivity index (χ1) is 10.7. The molecule has 0 aromatic carbocycles. The lowest BCUT2D eigenvalue weighted by Crippen LogP contribution is -2.38. The molecule has 1 fully saturated rings. The molecule has 2 aromatic rings. The maximum atomic E-state index is 12.6. The van der Waals surface area contributed by atoms with E-state index in [-0.39, 0.29) is 12.1 Å². The van der Waals surface area contributed by atoms with Crippen molar-refractivity contribution in [3.63, 3.8) is 0 Å². The first kappa shape index (κ1) is 14.6. The maximum absolute atomic E-state index is 12.6. The average molecular weight is 300 g/mol. The van der Waals surface area contributed by atoms with E-state index in [1.807, 2.05) is 17.0 Å². The molecule has 0 bridgehead atoms. The van der Waals surface area contributed by atoms with Crippen molar-refractivity contribution in [2.24, 2.45) is 0 Å². The van der Waals surface area contributed by atoms with Gasteiger partial charge in [0.05, 0.1) is 6.04 Å². The minimum atomic E-state index is -0.128. The highest BCUT2D eigenvalue weighted by Gasteiger charge is 2.27. The summed E-state index contributed by atoms with van der Waals surface area (Å²) < 4.78 is 5.00. The van der Waals surface area contributed by atoms with E-state index in [9.17, 15) is 4.79 Å². The largest absolute Gasteiger partial charge is 0.360 e. The van der Waals surface area contributed by atoms with Gasteiger partial charge in [-0.05, 0) is 37.5 Å². The van der Waals surface area contributed by atoms with Gasteiger partial charge in [-0.15, -0.1) is 0 Å². The Balaban J connectivity index is 1.79. The zero-order valence-electron chi connectivity index (χ0n) is 12.7. The zero-order valence-corrected chi connectivity index (χ0v) is 12.7. The van der Waals surface area contributed by atoms with Crippen molar-refractivity contribution in [1.29, 1.82) is 0 Å². The number of aryl methyl sites for hydroxylation is 1. The summed E-state index contributed by atoms with van der Waals surface area (Å²) in [5.41, 5.74) is 1.13. The summed E-state index contributed by atoms with van der Waals surface area (Å²) in [7, 11) is 0. The number of carbonyl (C=O) groups is 1. The minimum absolute atomic E-state index is 0.0819. The van der Waals surface area contributed by atoms with E-state index in [2.05, 4.69) is 15.5 Å². The standard InChI is InChI=1S/C16H20N4O2/c1-12-11-15(19-22-12)18-16(21)20-10-4-2-3-5-14(20)13-6-8-17-9-7-13/h6-9,11,14H,2-5,10H2,1H3,(H,18,19,21)/t14-/m1/s1. The van der Waals surface area contributed by atoms with Crippen molar-refractivity contribution in [3.8, 4) is 0 Å². The van der Waals surface area contributed by atoms with E-state index < -0.39 is 0 Å². The summed E-state index contributed by atoms with van der Waals surface area (Å²) in [4.78, 5) is 18.6. The molecule has 0 unspecified atom stereocenters. The lowest BCUT2D eigenvalue weighted by molar-refractivity contribution is 0.189. The predicted molar refractivity (Wildman–Crippen MR) is 82.4 cm³/mol. The number of pyridine rings is 1. The Hall–Kier alpha value is -2.37. The van der Waals surface area contributed by atoms with Crippen LogP contribution in [0.4, 0.5) is 10.6 Å². The van der Waals surface area contributed by atoms with Gasteiger partial charge in [-0.2, -0.15) is 0 Å². The number of urea groups is 1. The number of nitrogens with one attached hydrogen (secondary N) is 1. The molecule has 2 amide bonds. The molecular formula is C16H20N4O2. The molecule has 116 valence electrons. The van der Waals surface area contributed by atoms with Gasteiger partial charge in [0, 0.05) is 25.0 Å². The van der Waals surface area contributed by atoms with Crippen LogP contribution in [-0.2, 0) is 0 Å². The van der Waals surface area contributed by atoms with E-state index in [1.54, 1.807) is 25.4 Å². The Kier molecular flexibility index (Phi) is 4.37. The molecule has 0 radical (unpaired) electrons. The fraction of sp³-hybridized carbons (Fsp3) is 0.438. The van der Waals surface area contributed by atoms with Gasteiger partial charge in [0.2, 0.25) is 0 Å². The highest BCUT2D eigenvalue weighted by Crippen LogP contribution is 2.30. The number of carbonyl (C=O) groups excluding carboxylic acids is 1. The summed E-state index contributed by atoms with van der Waals surface area (Å²) in [6, 6.07) is 5.64. The minimum Gasteiger partial charge on any atom is -0.360 e. The summed E-state index contributed by atoms with van der Waals surface area (Å²) in [5.74, 6) is 1.14. The number of aromatic nitrogens is 2. The summed E-state index contributed by atoms with van der Waals surface area (Å²) >= 11 is 0. The molecule has 2 aromatic heterocycles. The molecule has 1 saturated heterocycles. The molecule has 0 spiro atoms. The molecular weight excluding hydrogens is 280 g/mol. The molecule has 1 atom stereocenters. The van der Waals surface area contributed by atoms with Crippen LogP contribution >= 0.6 is 0 Å². The third kappa shape index (κ3) is 3.27. The van der Waals surface area contributed by atoms with Crippen LogP contribution in [0.3, 0.4) is 0 Å². The molecule has 1 aliphatic heterocycles. The van der Waals surface area contributed by atoms with E-state index in [1.165, 1.54) is 0 Å². The molecule has 3 rings (SSSR count). The van der Waals surface area contributed by atoms with Crippen molar-refractivity contribution in [3.05, 3.63) is 41.9 Å². The number of anilines is 1. The fourth-order valence-electron chi connectivity index (χ4n) is 2.89. The predicted octanol–water partition coefficient (Wildman–Crippen LogP) is 3.53. The SMILES string of the molecule is Cc1cc(NC(=O)N2CCCCC[C@@H]2c2ccncc2)no1. The van der Waals surface area contributed by atoms with Gasteiger partial charge in [-0.3, -0.25) is 10.3 Å². The number of nitrogens with zero attached hydrogens (tertiary/aromatic N) is 3. The Morgan fingerprint density at radius 1 is 1.32 bits per heavy atom. The van der Waals surface area contributed by atoms with E-state index in [4.69, 9.17) is 4.52 Å². The Morgan fingerprint density at radius 3 is 2.86 bits per heavy atom. The van der Waals surface area contributed by atoms with E-state index in [0.717, 1.165) is 37.8 Å². The monoisotopic (exact) mass is 300 g/mol. The van der Waals surface area contributed by atoms with Crippen molar-refractivity contribution < 1.29 is 9.32 Å². The van der Waals surface area contributed by atoms with Crippen molar-refractivity contribution in [1.82, 2.24) is 15.0 Å². The van der Waals surface area contributed by atoms with Gasteiger partial charge in [0.25, 0.3) is 0 Å². The van der Waals surface area contributed by atoms with Gasteiger partial charge in [0.15, 0.2) is 5.82 Å². The second-order valence-corrected chi connectivity index (χ2v) is 5.59. The summed E-state index contributed by atoms with van der Waals surface area (Å²) in [6.07, 6.45) is 7.81. The van der Waals surface area contributed by atoms with Crippen LogP contribution in [-0.4, -0.2) is 27.6 Å². The Bertz CT molecular complexity index is 626. The van der Waals surface area contributed by atoms with Gasteiger partial charge in [-0.1, -0.05) is 18.0 Å². The second kappa shape index (κ2) is 6.60. The molecule has 22 heavy (non-hydrogen) atoms. The molecule has 3 heterocycles. The van der Waals surface area contributed by atoms with Crippen LogP contribution in [0.2, 0.25) is 0 Å². The number of hydrogen-bond donors (Lipinski definition) is 1. The molecule has 0 aliphatic carbocycles. The zero-order chi connectivity index (χ0) is 15.4. The maximum Gasteiger partial charge on any atom is 0.323 e. The Labute approximate surface area is 129 Å². The topological polar surface area (TPSA) is 71.3 Å². The first-order valence-corrected chi connectivity index (χ1v) is 7.65. The molecule has 0 saturated carbocycles. The molecule has 1 aliphatic rings.